The van der Waals surface area contributed by atoms with E-state index in [0.29, 0.717) is 0 Å². The van der Waals surface area contributed by atoms with E-state index in [1.54, 1.807) is 19.2 Å². The van der Waals surface area contributed by atoms with Crippen LogP contribution in [-0.4, -0.2) is 57.0 Å². The van der Waals surface area contributed by atoms with Crippen LogP contribution in [0.15, 0.2) is 71.9 Å². The maximum absolute atomic E-state index is 11.8. The molecule has 7 nitrogen and oxygen atoms in total. The third-order valence-electron chi connectivity index (χ3n) is 6.45. The van der Waals surface area contributed by atoms with Crippen LogP contribution in [0.25, 0.3) is 33.2 Å². The van der Waals surface area contributed by atoms with Crippen molar-refractivity contribution < 1.29 is 17.9 Å². The Morgan fingerprint density at radius 1 is 0.889 bits per heavy atom. The highest BCUT2D eigenvalue weighted by molar-refractivity contribution is 7.90. The molecule has 0 saturated carbocycles. The van der Waals surface area contributed by atoms with Crippen molar-refractivity contribution in [1.82, 2.24) is 9.97 Å². The van der Waals surface area contributed by atoms with Crippen molar-refractivity contribution in [2.24, 2.45) is 0 Å². The van der Waals surface area contributed by atoms with Crippen LogP contribution in [0.4, 0.5) is 5.82 Å². The highest BCUT2D eigenvalue weighted by Gasteiger charge is 2.23. The molecule has 8 heteroatoms. The minimum atomic E-state index is -3.26. The molecule has 0 aliphatic carbocycles. The number of ether oxygens (including phenoxy) is 2. The number of hydrogen-bond donors (Lipinski definition) is 0. The van der Waals surface area contributed by atoms with E-state index in [9.17, 15) is 8.42 Å². The van der Waals surface area contributed by atoms with Crippen LogP contribution in [0.5, 0.6) is 5.75 Å². The normalized spacial score (nSPS) is 18.4. The second-order valence-electron chi connectivity index (χ2n) is 9.27. The number of hydrogen-bond acceptors (Lipinski definition) is 7. The van der Waals surface area contributed by atoms with E-state index in [-0.39, 0.29) is 17.1 Å². The fraction of sp³-hybridized carbons (Fsp3) is 0.286. The van der Waals surface area contributed by atoms with Crippen molar-refractivity contribution in [1.29, 1.82) is 0 Å². The average Bonchev–Trinajstić information content (AvgIpc) is 2.86. The molecular formula is C28H29N3O4S. The molecule has 1 unspecified atom stereocenters. The molecule has 4 aromatic rings. The van der Waals surface area contributed by atoms with Gasteiger partial charge in [-0.05, 0) is 49.7 Å². The molecule has 186 valence electrons. The predicted molar refractivity (Wildman–Crippen MR) is 142 cm³/mol. The number of nitrogens with zero attached hydrogens (tertiary/aromatic N) is 3. The van der Waals surface area contributed by atoms with Crippen LogP contribution in [0.1, 0.15) is 13.8 Å². The summed E-state index contributed by atoms with van der Waals surface area (Å²) < 4.78 is 35.4. The summed E-state index contributed by atoms with van der Waals surface area (Å²) in [6.07, 6.45) is 5.20. The fourth-order valence-corrected chi connectivity index (χ4v) is 5.47. The van der Waals surface area contributed by atoms with Crippen molar-refractivity contribution >= 4 is 26.6 Å². The van der Waals surface area contributed by atoms with Crippen LogP contribution >= 0.6 is 0 Å². The first-order valence-corrected chi connectivity index (χ1v) is 13.8. The van der Waals surface area contributed by atoms with Gasteiger partial charge in [-0.1, -0.05) is 24.3 Å². The first-order chi connectivity index (χ1) is 17.2. The zero-order chi connectivity index (χ0) is 25.4. The third-order valence-corrected chi connectivity index (χ3v) is 7.58. The molecule has 36 heavy (non-hydrogen) atoms. The molecule has 0 N–H and O–H groups in total. The van der Waals surface area contributed by atoms with Crippen molar-refractivity contribution in [3.05, 3.63) is 67.0 Å². The minimum absolute atomic E-state index is 0.164. The molecule has 0 spiro atoms. The summed E-state index contributed by atoms with van der Waals surface area (Å²) in [5, 5.41) is 0.875. The highest BCUT2D eigenvalue weighted by Crippen LogP contribution is 2.39. The van der Waals surface area contributed by atoms with Gasteiger partial charge in [0.15, 0.2) is 9.84 Å². The lowest BCUT2D eigenvalue weighted by molar-refractivity contribution is -0.00545. The summed E-state index contributed by atoms with van der Waals surface area (Å²) in [5.41, 5.74) is 4.35. The maximum atomic E-state index is 11.8. The minimum Gasteiger partial charge on any atom is -0.495 e. The van der Waals surface area contributed by atoms with Gasteiger partial charge in [0, 0.05) is 53.8 Å². The Kier molecular flexibility index (Phi) is 6.40. The molecule has 1 saturated heterocycles. The van der Waals surface area contributed by atoms with Crippen molar-refractivity contribution in [3.63, 3.8) is 0 Å². The van der Waals surface area contributed by atoms with Crippen LogP contribution < -0.4 is 9.64 Å². The molecule has 5 rings (SSSR count). The van der Waals surface area contributed by atoms with Crippen molar-refractivity contribution in [3.8, 4) is 28.0 Å². The zero-order valence-corrected chi connectivity index (χ0v) is 21.6. The van der Waals surface area contributed by atoms with E-state index >= 15 is 0 Å². The molecular weight excluding hydrogens is 474 g/mol. The molecule has 1 aliphatic rings. The Morgan fingerprint density at radius 3 is 2.19 bits per heavy atom. The molecule has 2 aromatic heterocycles. The van der Waals surface area contributed by atoms with Gasteiger partial charge in [-0.3, -0.25) is 4.98 Å². The number of morpholine rings is 1. The van der Waals surface area contributed by atoms with Crippen LogP contribution in [-0.2, 0) is 14.6 Å². The second-order valence-corrected chi connectivity index (χ2v) is 11.3. The Labute approximate surface area is 211 Å². The van der Waals surface area contributed by atoms with E-state index in [1.165, 1.54) is 6.26 Å². The Hall–Kier alpha value is -3.49. The largest absolute Gasteiger partial charge is 0.495 e. The molecule has 2 atom stereocenters. The van der Waals surface area contributed by atoms with Gasteiger partial charge < -0.3 is 14.4 Å². The number of anilines is 1. The predicted octanol–water partition coefficient (Wildman–Crippen LogP) is 4.99. The van der Waals surface area contributed by atoms with Gasteiger partial charge >= 0.3 is 0 Å². The van der Waals surface area contributed by atoms with E-state index in [0.717, 1.165) is 57.8 Å². The summed E-state index contributed by atoms with van der Waals surface area (Å²) in [6, 6.07) is 16.9. The lowest BCUT2D eigenvalue weighted by Gasteiger charge is -2.36. The van der Waals surface area contributed by atoms with E-state index in [1.807, 2.05) is 54.9 Å². The zero-order valence-electron chi connectivity index (χ0n) is 20.8. The van der Waals surface area contributed by atoms with Gasteiger partial charge in [-0.15, -0.1) is 0 Å². The third kappa shape index (κ3) is 4.66. The number of para-hydroxylation sites is 1. The Morgan fingerprint density at radius 2 is 1.58 bits per heavy atom. The standard InChI is InChI=1S/C28H29N3O4S/c1-18-16-31(17-19(2)35-18)26-13-10-21(14-29-26)25-15-30-27-23(6-5-7-24(27)28(25)34-3)20-8-11-22(12-9-20)36(4,32)33/h5-15,18-19H,16-17H2,1-4H3/t18-,19?/m0/s1. The van der Waals surface area contributed by atoms with Crippen molar-refractivity contribution in [2.75, 3.05) is 31.4 Å². The van der Waals surface area contributed by atoms with Crippen molar-refractivity contribution in [2.45, 2.75) is 31.0 Å². The van der Waals surface area contributed by atoms with Gasteiger partial charge in [-0.25, -0.2) is 13.4 Å². The van der Waals surface area contributed by atoms with E-state index < -0.39 is 9.84 Å². The first-order valence-electron chi connectivity index (χ1n) is 11.9. The van der Waals surface area contributed by atoms with E-state index in [2.05, 4.69) is 18.7 Å². The summed E-state index contributed by atoms with van der Waals surface area (Å²) >= 11 is 0. The molecule has 0 amide bonds. The fourth-order valence-electron chi connectivity index (χ4n) is 4.84. The Bertz CT molecular complexity index is 1490. The molecule has 3 heterocycles. The lowest BCUT2D eigenvalue weighted by atomic mass is 9.99. The van der Waals surface area contributed by atoms with Gasteiger partial charge in [0.05, 0.1) is 29.7 Å². The highest BCUT2D eigenvalue weighted by atomic mass is 32.2. The number of rotatable bonds is 5. The summed E-state index contributed by atoms with van der Waals surface area (Å²) in [7, 11) is -1.60. The average molecular weight is 504 g/mol. The number of fused-ring (bicyclic) bond motifs is 1. The van der Waals surface area contributed by atoms with Crippen LogP contribution in [0.2, 0.25) is 0 Å². The van der Waals surface area contributed by atoms with Gasteiger partial charge in [0.25, 0.3) is 0 Å². The first kappa shape index (κ1) is 24.2. The number of aromatic nitrogens is 2. The maximum Gasteiger partial charge on any atom is 0.175 e. The number of sulfone groups is 1. The van der Waals surface area contributed by atoms with Gasteiger partial charge in [-0.2, -0.15) is 0 Å². The summed E-state index contributed by atoms with van der Waals surface area (Å²) in [6.45, 7) is 5.78. The molecule has 1 fully saturated rings. The molecule has 1 aliphatic heterocycles. The molecule has 2 aromatic carbocycles. The monoisotopic (exact) mass is 503 g/mol. The van der Waals surface area contributed by atoms with Gasteiger partial charge in [0.1, 0.15) is 11.6 Å². The summed E-state index contributed by atoms with van der Waals surface area (Å²) in [4.78, 5) is 12.1. The molecule has 0 radical (unpaired) electrons. The van der Waals surface area contributed by atoms with Crippen LogP contribution in [0.3, 0.4) is 0 Å². The quantitative estimate of drug-likeness (QED) is 0.379. The smallest absolute Gasteiger partial charge is 0.175 e. The second kappa shape index (κ2) is 9.52. The van der Waals surface area contributed by atoms with Crippen LogP contribution in [0, 0.1) is 0 Å². The Balaban J connectivity index is 1.52. The van der Waals surface area contributed by atoms with Gasteiger partial charge in [0.2, 0.25) is 0 Å². The number of benzene rings is 2. The number of methoxy groups -OCH3 is 1. The topological polar surface area (TPSA) is 81.6 Å². The molecule has 0 bridgehead atoms. The number of pyridine rings is 2. The SMILES string of the molecule is COc1c(-c2ccc(N3CC(C)O[C@@H](C)C3)nc2)cnc2c(-c3ccc(S(C)(=O)=O)cc3)cccc12. The van der Waals surface area contributed by atoms with E-state index in [4.69, 9.17) is 19.4 Å². The summed E-state index contributed by atoms with van der Waals surface area (Å²) in [5.74, 6) is 1.64. The lowest BCUT2D eigenvalue weighted by Crippen LogP contribution is -2.45.